The average Bonchev–Trinajstić information content (AvgIpc) is 2.65. The number of carboxylic acids is 1. The summed E-state index contributed by atoms with van der Waals surface area (Å²) in [6.07, 6.45) is 0. The van der Waals surface area contributed by atoms with Crippen LogP contribution in [0.25, 0.3) is 0 Å². The predicted molar refractivity (Wildman–Crippen MR) is 110 cm³/mol. The van der Waals surface area contributed by atoms with Crippen molar-refractivity contribution in [2.75, 3.05) is 19.0 Å². The molecular formula is C22H26N2O5. The van der Waals surface area contributed by atoms with Crippen molar-refractivity contribution in [1.82, 2.24) is 5.32 Å². The number of carbonyl (C=O) groups is 3. The minimum Gasteiger partial charge on any atom is -0.478 e. The second-order valence-electron chi connectivity index (χ2n) is 7.93. The lowest BCUT2D eigenvalue weighted by Crippen LogP contribution is -2.32. The van der Waals surface area contributed by atoms with Crippen molar-refractivity contribution in [3.05, 3.63) is 64.7 Å². The largest absolute Gasteiger partial charge is 0.478 e. The van der Waals surface area contributed by atoms with Gasteiger partial charge in [-0.25, -0.2) is 4.79 Å². The number of aromatic carboxylic acids is 1. The second-order valence-corrected chi connectivity index (χ2v) is 7.93. The molecule has 0 saturated heterocycles. The van der Waals surface area contributed by atoms with E-state index in [0.717, 1.165) is 0 Å². The van der Waals surface area contributed by atoms with E-state index in [4.69, 9.17) is 4.74 Å². The minimum absolute atomic E-state index is 0.0261. The number of benzene rings is 2. The summed E-state index contributed by atoms with van der Waals surface area (Å²) in [6, 6.07) is 10.8. The molecular weight excluding hydrogens is 372 g/mol. The van der Waals surface area contributed by atoms with Crippen LogP contribution in [0.4, 0.5) is 5.69 Å². The third-order valence-electron chi connectivity index (χ3n) is 4.00. The van der Waals surface area contributed by atoms with Crippen LogP contribution in [0.1, 0.15) is 57.4 Å². The lowest BCUT2D eigenvalue weighted by atomic mass is 9.97. The van der Waals surface area contributed by atoms with E-state index in [1.165, 1.54) is 19.2 Å². The Morgan fingerprint density at radius 2 is 1.52 bits per heavy atom. The normalized spacial score (nSPS) is 11.0. The molecule has 0 aromatic heterocycles. The summed E-state index contributed by atoms with van der Waals surface area (Å²) in [7, 11) is 1.50. The van der Waals surface area contributed by atoms with E-state index in [-0.39, 0.29) is 23.5 Å². The monoisotopic (exact) mass is 398 g/mol. The Balaban J connectivity index is 2.11. The molecule has 0 heterocycles. The number of carbonyl (C=O) groups excluding carboxylic acids is 2. The highest BCUT2D eigenvalue weighted by molar-refractivity contribution is 6.05. The average molecular weight is 398 g/mol. The number of carboxylic acid groups (broad SMARTS) is 1. The molecule has 0 aliphatic heterocycles. The standard InChI is InChI=1S/C22H26N2O5/c1-22(2,3)13-23-19(25)15-5-7-16(8-6-15)20(26)24-18-10-14(12-29-4)9-17(11-18)21(27)28/h5-11H,12-13H2,1-4H3,(H,23,25)(H,24,26)(H,27,28). The summed E-state index contributed by atoms with van der Waals surface area (Å²) < 4.78 is 5.04. The summed E-state index contributed by atoms with van der Waals surface area (Å²) in [5, 5.41) is 14.8. The van der Waals surface area contributed by atoms with Crippen molar-refractivity contribution in [3.63, 3.8) is 0 Å². The van der Waals surface area contributed by atoms with Gasteiger partial charge in [-0.15, -0.1) is 0 Å². The van der Waals surface area contributed by atoms with Crippen molar-refractivity contribution in [2.24, 2.45) is 5.41 Å². The molecule has 0 atom stereocenters. The second kappa shape index (κ2) is 9.34. The Kier molecular flexibility index (Phi) is 7.12. The number of hydrogen-bond acceptors (Lipinski definition) is 4. The minimum atomic E-state index is -1.09. The molecule has 29 heavy (non-hydrogen) atoms. The molecule has 0 radical (unpaired) electrons. The van der Waals surface area contributed by atoms with E-state index in [9.17, 15) is 19.5 Å². The first-order valence-electron chi connectivity index (χ1n) is 9.15. The maximum Gasteiger partial charge on any atom is 0.335 e. The van der Waals surface area contributed by atoms with E-state index in [2.05, 4.69) is 10.6 Å². The zero-order valence-corrected chi connectivity index (χ0v) is 17.0. The fraction of sp³-hybridized carbons (Fsp3) is 0.318. The van der Waals surface area contributed by atoms with E-state index in [1.807, 2.05) is 20.8 Å². The zero-order valence-electron chi connectivity index (χ0n) is 17.0. The van der Waals surface area contributed by atoms with E-state index in [0.29, 0.717) is 28.9 Å². The highest BCUT2D eigenvalue weighted by atomic mass is 16.5. The molecule has 2 aromatic rings. The summed E-state index contributed by atoms with van der Waals surface area (Å²) >= 11 is 0. The first-order valence-corrected chi connectivity index (χ1v) is 9.15. The van der Waals surface area contributed by atoms with Gasteiger partial charge in [-0.2, -0.15) is 0 Å². The molecule has 2 aromatic carbocycles. The van der Waals surface area contributed by atoms with Gasteiger partial charge >= 0.3 is 5.97 Å². The molecule has 0 aliphatic carbocycles. The lowest BCUT2D eigenvalue weighted by Gasteiger charge is -2.18. The van der Waals surface area contributed by atoms with E-state index >= 15 is 0 Å². The summed E-state index contributed by atoms with van der Waals surface area (Å²) in [4.78, 5) is 36.0. The van der Waals surface area contributed by atoms with Crippen molar-refractivity contribution in [2.45, 2.75) is 27.4 Å². The van der Waals surface area contributed by atoms with Gasteiger partial charge in [-0.05, 0) is 53.4 Å². The first-order chi connectivity index (χ1) is 13.6. The number of amides is 2. The van der Waals surface area contributed by atoms with Crippen molar-refractivity contribution in [3.8, 4) is 0 Å². The van der Waals surface area contributed by atoms with Gasteiger partial charge < -0.3 is 20.5 Å². The SMILES string of the molecule is COCc1cc(NC(=O)c2ccc(C(=O)NCC(C)(C)C)cc2)cc(C(=O)O)c1. The van der Waals surface area contributed by atoms with Crippen LogP contribution in [0.2, 0.25) is 0 Å². The summed E-state index contributed by atoms with van der Waals surface area (Å²) in [5.41, 5.74) is 1.83. The predicted octanol–water partition coefficient (Wildman–Crippen LogP) is 3.56. The Labute approximate surface area is 170 Å². The van der Waals surface area contributed by atoms with Gasteiger partial charge in [0.2, 0.25) is 0 Å². The van der Waals surface area contributed by atoms with Crippen LogP contribution < -0.4 is 10.6 Å². The molecule has 0 spiro atoms. The number of ether oxygens (including phenoxy) is 1. The van der Waals surface area contributed by atoms with Crippen LogP contribution >= 0.6 is 0 Å². The number of nitrogens with one attached hydrogen (secondary N) is 2. The van der Waals surface area contributed by atoms with Crippen molar-refractivity contribution < 1.29 is 24.2 Å². The molecule has 154 valence electrons. The Morgan fingerprint density at radius 3 is 2.03 bits per heavy atom. The number of methoxy groups -OCH3 is 1. The molecule has 2 rings (SSSR count). The van der Waals surface area contributed by atoms with Gasteiger partial charge in [0.25, 0.3) is 11.8 Å². The summed E-state index contributed by atoms with van der Waals surface area (Å²) in [5.74, 6) is -1.70. The maximum atomic E-state index is 12.5. The van der Waals surface area contributed by atoms with Gasteiger partial charge in [-0.1, -0.05) is 20.8 Å². The van der Waals surface area contributed by atoms with Crippen molar-refractivity contribution in [1.29, 1.82) is 0 Å². The molecule has 2 amide bonds. The first kappa shape index (κ1) is 22.1. The lowest BCUT2D eigenvalue weighted by molar-refractivity contribution is 0.0696. The highest BCUT2D eigenvalue weighted by Gasteiger charge is 2.14. The quantitative estimate of drug-likeness (QED) is 0.661. The van der Waals surface area contributed by atoms with E-state index in [1.54, 1.807) is 30.3 Å². The van der Waals surface area contributed by atoms with Crippen LogP contribution in [-0.2, 0) is 11.3 Å². The highest BCUT2D eigenvalue weighted by Crippen LogP contribution is 2.18. The molecule has 7 heteroatoms. The Hall–Kier alpha value is -3.19. The Morgan fingerprint density at radius 1 is 0.931 bits per heavy atom. The van der Waals surface area contributed by atoms with E-state index < -0.39 is 11.9 Å². The van der Waals surface area contributed by atoms with Gasteiger partial charge in [-0.3, -0.25) is 9.59 Å². The topological polar surface area (TPSA) is 105 Å². The third-order valence-corrected chi connectivity index (χ3v) is 4.00. The van der Waals surface area contributed by atoms with Crippen LogP contribution in [0, 0.1) is 5.41 Å². The molecule has 0 bridgehead atoms. The third kappa shape index (κ3) is 6.73. The summed E-state index contributed by atoms with van der Waals surface area (Å²) in [6.45, 7) is 6.84. The molecule has 7 nitrogen and oxygen atoms in total. The van der Waals surface area contributed by atoms with Gasteiger partial charge in [0, 0.05) is 30.5 Å². The van der Waals surface area contributed by atoms with Gasteiger partial charge in [0.15, 0.2) is 0 Å². The van der Waals surface area contributed by atoms with Crippen LogP contribution in [0.5, 0.6) is 0 Å². The number of rotatable bonds is 7. The van der Waals surface area contributed by atoms with Gasteiger partial charge in [0.1, 0.15) is 0 Å². The van der Waals surface area contributed by atoms with Crippen molar-refractivity contribution >= 4 is 23.5 Å². The van der Waals surface area contributed by atoms with Crippen LogP contribution in [0.3, 0.4) is 0 Å². The molecule has 0 fully saturated rings. The number of anilines is 1. The molecule has 0 unspecified atom stereocenters. The van der Waals surface area contributed by atoms with Gasteiger partial charge in [0.05, 0.1) is 12.2 Å². The molecule has 0 aliphatic rings. The van der Waals surface area contributed by atoms with Crippen LogP contribution in [-0.4, -0.2) is 36.5 Å². The Bertz CT molecular complexity index is 898. The molecule has 0 saturated carbocycles. The molecule has 3 N–H and O–H groups in total. The fourth-order valence-corrected chi connectivity index (χ4v) is 2.56. The fourth-order valence-electron chi connectivity index (χ4n) is 2.56. The number of hydrogen-bond donors (Lipinski definition) is 3. The zero-order chi connectivity index (χ0) is 21.6. The van der Waals surface area contributed by atoms with Crippen LogP contribution in [0.15, 0.2) is 42.5 Å². The smallest absolute Gasteiger partial charge is 0.335 e. The maximum absolute atomic E-state index is 12.5.